The SMILES string of the molecule is CCC1CCC2C(CCC3C4CCCC4CCC23)C1. The molecule has 4 saturated carbocycles. The highest BCUT2D eigenvalue weighted by atomic mass is 14.5. The molecule has 0 aromatic heterocycles. The summed E-state index contributed by atoms with van der Waals surface area (Å²) in [5.74, 6) is 8.03. The Balaban J connectivity index is 1.50. The van der Waals surface area contributed by atoms with E-state index in [0.29, 0.717) is 0 Å². The summed E-state index contributed by atoms with van der Waals surface area (Å²) in [5, 5.41) is 0. The van der Waals surface area contributed by atoms with E-state index in [0.717, 1.165) is 29.6 Å². The van der Waals surface area contributed by atoms with Crippen LogP contribution in [0.2, 0.25) is 0 Å². The first kappa shape index (κ1) is 12.7. The third-order valence-corrected chi connectivity index (χ3v) is 7.84. The van der Waals surface area contributed by atoms with Crippen LogP contribution in [-0.4, -0.2) is 0 Å². The van der Waals surface area contributed by atoms with Crippen molar-refractivity contribution in [2.45, 2.75) is 77.6 Å². The minimum atomic E-state index is 1.08. The average molecular weight is 260 g/mol. The van der Waals surface area contributed by atoms with Crippen molar-refractivity contribution >= 4 is 0 Å². The highest BCUT2D eigenvalue weighted by molar-refractivity contribution is 4.98. The predicted molar refractivity (Wildman–Crippen MR) is 80.9 cm³/mol. The van der Waals surface area contributed by atoms with Gasteiger partial charge in [-0.1, -0.05) is 32.6 Å². The average Bonchev–Trinajstić information content (AvgIpc) is 2.94. The van der Waals surface area contributed by atoms with Crippen molar-refractivity contribution in [2.24, 2.45) is 41.4 Å². The van der Waals surface area contributed by atoms with Gasteiger partial charge in [0.05, 0.1) is 0 Å². The van der Waals surface area contributed by atoms with E-state index in [4.69, 9.17) is 0 Å². The first-order valence-electron chi connectivity index (χ1n) is 9.36. The second-order valence-electron chi connectivity index (χ2n) is 8.35. The lowest BCUT2D eigenvalue weighted by Crippen LogP contribution is -2.44. The second-order valence-corrected chi connectivity index (χ2v) is 8.35. The largest absolute Gasteiger partial charge is 0.0651 e. The third kappa shape index (κ3) is 2.09. The molecule has 7 atom stereocenters. The van der Waals surface area contributed by atoms with E-state index in [2.05, 4.69) is 6.92 Å². The van der Waals surface area contributed by atoms with E-state index in [1.807, 2.05) is 0 Å². The van der Waals surface area contributed by atoms with Crippen molar-refractivity contribution in [1.29, 1.82) is 0 Å². The summed E-state index contributed by atoms with van der Waals surface area (Å²) in [6.45, 7) is 2.42. The third-order valence-electron chi connectivity index (χ3n) is 7.84. The minimum Gasteiger partial charge on any atom is -0.0651 e. The summed E-state index contributed by atoms with van der Waals surface area (Å²) >= 11 is 0. The molecule has 0 aromatic rings. The maximum absolute atomic E-state index is 2.42. The molecule has 0 spiro atoms. The lowest BCUT2D eigenvalue weighted by molar-refractivity contribution is -0.0289. The van der Waals surface area contributed by atoms with Gasteiger partial charge in [-0.15, -0.1) is 0 Å². The van der Waals surface area contributed by atoms with Crippen molar-refractivity contribution in [3.05, 3.63) is 0 Å². The van der Waals surface area contributed by atoms with Crippen LogP contribution >= 0.6 is 0 Å². The molecule has 0 aliphatic heterocycles. The molecule has 7 unspecified atom stereocenters. The zero-order valence-electron chi connectivity index (χ0n) is 12.8. The standard InChI is InChI=1S/C19H32/c1-2-13-6-9-17-15(12-13)8-11-18-16-5-3-4-14(16)7-10-19(17)18/h13-19H,2-12H2,1H3. The Hall–Kier alpha value is 0. The molecule has 4 fully saturated rings. The van der Waals surface area contributed by atoms with Crippen LogP contribution < -0.4 is 0 Å². The van der Waals surface area contributed by atoms with Crippen molar-refractivity contribution in [1.82, 2.24) is 0 Å². The molecule has 0 heterocycles. The summed E-state index contributed by atoms with van der Waals surface area (Å²) in [6, 6.07) is 0. The summed E-state index contributed by atoms with van der Waals surface area (Å²) in [6.07, 6.45) is 17.4. The summed E-state index contributed by atoms with van der Waals surface area (Å²) in [5.41, 5.74) is 0. The lowest BCUT2D eigenvalue weighted by Gasteiger charge is -2.52. The Morgan fingerprint density at radius 2 is 1.32 bits per heavy atom. The van der Waals surface area contributed by atoms with Gasteiger partial charge < -0.3 is 0 Å². The molecule has 0 aromatic carbocycles. The van der Waals surface area contributed by atoms with E-state index in [-0.39, 0.29) is 0 Å². The van der Waals surface area contributed by atoms with Gasteiger partial charge in [-0.25, -0.2) is 0 Å². The predicted octanol–water partition coefficient (Wildman–Crippen LogP) is 5.67. The monoisotopic (exact) mass is 260 g/mol. The van der Waals surface area contributed by atoms with Crippen LogP contribution in [0, 0.1) is 41.4 Å². The van der Waals surface area contributed by atoms with Crippen molar-refractivity contribution < 1.29 is 0 Å². The maximum Gasteiger partial charge on any atom is -0.0352 e. The Labute approximate surface area is 119 Å². The number of fused-ring (bicyclic) bond motifs is 5. The molecule has 4 rings (SSSR count). The van der Waals surface area contributed by atoms with Crippen LogP contribution in [0.25, 0.3) is 0 Å². The summed E-state index contributed by atoms with van der Waals surface area (Å²) < 4.78 is 0. The van der Waals surface area contributed by atoms with Crippen LogP contribution in [-0.2, 0) is 0 Å². The van der Waals surface area contributed by atoms with E-state index in [1.165, 1.54) is 18.3 Å². The van der Waals surface area contributed by atoms with Gasteiger partial charge in [0.15, 0.2) is 0 Å². The highest BCUT2D eigenvalue weighted by Gasteiger charge is 2.49. The highest BCUT2D eigenvalue weighted by Crippen LogP contribution is 2.58. The van der Waals surface area contributed by atoms with Gasteiger partial charge >= 0.3 is 0 Å². The molecule has 0 heteroatoms. The molecular weight excluding hydrogens is 228 g/mol. The first-order valence-corrected chi connectivity index (χ1v) is 9.36. The molecule has 0 saturated heterocycles. The van der Waals surface area contributed by atoms with E-state index in [9.17, 15) is 0 Å². The Morgan fingerprint density at radius 3 is 2.11 bits per heavy atom. The van der Waals surface area contributed by atoms with Crippen LogP contribution in [0.4, 0.5) is 0 Å². The minimum absolute atomic E-state index is 1.08. The van der Waals surface area contributed by atoms with Crippen molar-refractivity contribution in [3.8, 4) is 0 Å². The zero-order chi connectivity index (χ0) is 12.8. The molecule has 0 amide bonds. The van der Waals surface area contributed by atoms with Crippen LogP contribution in [0.1, 0.15) is 77.6 Å². The Morgan fingerprint density at radius 1 is 0.632 bits per heavy atom. The normalized spacial score (nSPS) is 53.2. The Kier molecular flexibility index (Phi) is 3.40. The zero-order valence-corrected chi connectivity index (χ0v) is 12.8. The molecule has 0 radical (unpaired) electrons. The fraction of sp³-hybridized carbons (Fsp3) is 1.00. The first-order chi connectivity index (χ1) is 9.36. The summed E-state index contributed by atoms with van der Waals surface area (Å²) in [4.78, 5) is 0. The quantitative estimate of drug-likeness (QED) is 0.570. The lowest BCUT2D eigenvalue weighted by atomic mass is 9.53. The van der Waals surface area contributed by atoms with Gasteiger partial charge in [0.2, 0.25) is 0 Å². The van der Waals surface area contributed by atoms with Crippen LogP contribution in [0.5, 0.6) is 0 Å². The van der Waals surface area contributed by atoms with Crippen molar-refractivity contribution in [3.63, 3.8) is 0 Å². The topological polar surface area (TPSA) is 0 Å². The van der Waals surface area contributed by atoms with E-state index < -0.39 is 0 Å². The number of rotatable bonds is 1. The molecule has 0 nitrogen and oxygen atoms in total. The molecule has 4 aliphatic rings. The molecule has 0 bridgehead atoms. The molecule has 0 N–H and O–H groups in total. The van der Waals surface area contributed by atoms with Crippen molar-refractivity contribution in [2.75, 3.05) is 0 Å². The molecule has 4 aliphatic carbocycles. The van der Waals surface area contributed by atoms with Gasteiger partial charge in [-0.05, 0) is 86.4 Å². The molecule has 19 heavy (non-hydrogen) atoms. The van der Waals surface area contributed by atoms with Gasteiger partial charge in [0.25, 0.3) is 0 Å². The smallest absolute Gasteiger partial charge is 0.0352 e. The van der Waals surface area contributed by atoms with Gasteiger partial charge in [-0.3, -0.25) is 0 Å². The molecule has 108 valence electrons. The summed E-state index contributed by atoms with van der Waals surface area (Å²) in [7, 11) is 0. The molecular formula is C19H32. The maximum atomic E-state index is 2.42. The number of hydrogen-bond donors (Lipinski definition) is 0. The fourth-order valence-corrected chi connectivity index (χ4v) is 6.94. The van der Waals surface area contributed by atoms with E-state index >= 15 is 0 Å². The van der Waals surface area contributed by atoms with Gasteiger partial charge in [0, 0.05) is 0 Å². The van der Waals surface area contributed by atoms with Gasteiger partial charge in [0.1, 0.15) is 0 Å². The van der Waals surface area contributed by atoms with Crippen LogP contribution in [0.15, 0.2) is 0 Å². The van der Waals surface area contributed by atoms with Crippen LogP contribution in [0.3, 0.4) is 0 Å². The fourth-order valence-electron chi connectivity index (χ4n) is 6.94. The Bertz CT molecular complexity index is 320. The van der Waals surface area contributed by atoms with Gasteiger partial charge in [-0.2, -0.15) is 0 Å². The second kappa shape index (κ2) is 5.08. The number of hydrogen-bond acceptors (Lipinski definition) is 0. The van der Waals surface area contributed by atoms with E-state index in [1.54, 1.807) is 64.2 Å².